The highest BCUT2D eigenvalue weighted by atomic mass is 32.2. The Morgan fingerprint density at radius 3 is 2.63 bits per heavy atom. The maximum absolute atomic E-state index is 12.2. The van der Waals surface area contributed by atoms with E-state index in [0.29, 0.717) is 6.42 Å². The number of aliphatic hydroxyl groups excluding tert-OH is 1. The summed E-state index contributed by atoms with van der Waals surface area (Å²) in [6, 6.07) is 6.81. The van der Waals surface area contributed by atoms with Crippen LogP contribution < -0.4 is 4.72 Å². The maximum atomic E-state index is 12.2. The van der Waals surface area contributed by atoms with Gasteiger partial charge in [-0.05, 0) is 25.0 Å². The molecule has 0 saturated carbocycles. The molecule has 0 bridgehead atoms. The molecule has 0 fully saturated rings. The molecule has 2 unspecified atom stereocenters. The zero-order valence-corrected chi connectivity index (χ0v) is 12.2. The molecule has 2 rings (SSSR count). The number of rotatable bonds is 4. The monoisotopic (exact) mass is 284 g/mol. The lowest BCUT2D eigenvalue weighted by molar-refractivity contribution is 0.150. The van der Waals surface area contributed by atoms with Gasteiger partial charge in [-0.1, -0.05) is 24.3 Å². The molecular weight excluding hydrogens is 264 g/mol. The lowest BCUT2D eigenvalue weighted by Crippen LogP contribution is -2.45. The Hall–Kier alpha value is -0.950. The maximum Gasteiger partial charge on any atom is 0.280 e. The van der Waals surface area contributed by atoms with Crippen molar-refractivity contribution in [1.29, 1.82) is 0 Å². The summed E-state index contributed by atoms with van der Waals surface area (Å²) in [5.41, 5.74) is 1.85. The summed E-state index contributed by atoms with van der Waals surface area (Å²) >= 11 is 0. The van der Waals surface area contributed by atoms with Crippen LogP contribution in [0.2, 0.25) is 0 Å². The SMILES string of the molecule is CC(C)N(C)S(=O)(=O)NC1c2ccccc2CC1O. The van der Waals surface area contributed by atoms with Gasteiger partial charge < -0.3 is 5.11 Å². The highest BCUT2D eigenvalue weighted by molar-refractivity contribution is 7.87. The Balaban J connectivity index is 2.25. The van der Waals surface area contributed by atoms with Gasteiger partial charge in [0.05, 0.1) is 12.1 Å². The molecule has 0 spiro atoms. The predicted octanol–water partition coefficient (Wildman–Crippen LogP) is 0.819. The van der Waals surface area contributed by atoms with E-state index in [4.69, 9.17) is 0 Å². The summed E-state index contributed by atoms with van der Waals surface area (Å²) in [5.74, 6) is 0. The van der Waals surface area contributed by atoms with Crippen LogP contribution >= 0.6 is 0 Å². The molecule has 0 aromatic heterocycles. The van der Waals surface area contributed by atoms with Crippen molar-refractivity contribution in [2.45, 2.75) is 38.5 Å². The molecule has 2 N–H and O–H groups in total. The first-order valence-corrected chi connectivity index (χ1v) is 7.78. The van der Waals surface area contributed by atoms with Gasteiger partial charge in [-0.25, -0.2) is 0 Å². The van der Waals surface area contributed by atoms with Crippen LogP contribution in [0.5, 0.6) is 0 Å². The third-order valence-corrected chi connectivity index (χ3v) is 5.32. The molecule has 0 saturated heterocycles. The average molecular weight is 284 g/mol. The van der Waals surface area contributed by atoms with Crippen LogP contribution in [-0.2, 0) is 16.6 Å². The smallest absolute Gasteiger partial charge is 0.280 e. The van der Waals surface area contributed by atoms with Crippen LogP contribution in [0.25, 0.3) is 0 Å². The number of aliphatic hydroxyl groups is 1. The zero-order valence-electron chi connectivity index (χ0n) is 11.4. The summed E-state index contributed by atoms with van der Waals surface area (Å²) in [6.07, 6.45) is -0.234. The fraction of sp³-hybridized carbons (Fsp3) is 0.538. The lowest BCUT2D eigenvalue weighted by Gasteiger charge is -2.25. The van der Waals surface area contributed by atoms with E-state index in [9.17, 15) is 13.5 Å². The largest absolute Gasteiger partial charge is 0.391 e. The average Bonchev–Trinajstić information content (AvgIpc) is 2.65. The normalized spacial score (nSPS) is 23.1. The summed E-state index contributed by atoms with van der Waals surface area (Å²) in [6.45, 7) is 3.61. The van der Waals surface area contributed by atoms with E-state index in [0.717, 1.165) is 11.1 Å². The summed E-state index contributed by atoms with van der Waals surface area (Å²) in [7, 11) is -2.07. The second-order valence-electron chi connectivity index (χ2n) is 5.18. The Labute approximate surface area is 114 Å². The van der Waals surface area contributed by atoms with Gasteiger partial charge in [-0.15, -0.1) is 0 Å². The topological polar surface area (TPSA) is 69.6 Å². The second-order valence-corrected chi connectivity index (χ2v) is 6.94. The van der Waals surface area contributed by atoms with Crippen molar-refractivity contribution < 1.29 is 13.5 Å². The molecule has 0 amide bonds. The van der Waals surface area contributed by atoms with Crippen LogP contribution in [0.15, 0.2) is 24.3 Å². The van der Waals surface area contributed by atoms with Crippen molar-refractivity contribution in [3.63, 3.8) is 0 Å². The fourth-order valence-electron chi connectivity index (χ4n) is 2.24. The van der Waals surface area contributed by atoms with Gasteiger partial charge in [-0.3, -0.25) is 0 Å². The van der Waals surface area contributed by atoms with Crippen molar-refractivity contribution in [2.24, 2.45) is 0 Å². The van der Waals surface area contributed by atoms with Crippen molar-refractivity contribution in [3.8, 4) is 0 Å². The standard InChI is InChI=1S/C13H20N2O3S/c1-9(2)15(3)19(17,18)14-13-11-7-5-4-6-10(11)8-12(13)16/h4-7,9,12-14,16H,8H2,1-3H3. The number of nitrogens with one attached hydrogen (secondary N) is 1. The number of hydrogen-bond donors (Lipinski definition) is 2. The van der Waals surface area contributed by atoms with Crippen molar-refractivity contribution in [1.82, 2.24) is 9.03 Å². The highest BCUT2D eigenvalue weighted by Crippen LogP contribution is 2.32. The Bertz CT molecular complexity index is 557. The first kappa shape index (κ1) is 14.5. The van der Waals surface area contributed by atoms with E-state index in [1.807, 2.05) is 24.3 Å². The van der Waals surface area contributed by atoms with E-state index in [2.05, 4.69) is 4.72 Å². The molecule has 0 aliphatic heterocycles. The molecule has 2 atom stereocenters. The third kappa shape index (κ3) is 2.81. The molecular formula is C13H20N2O3S. The van der Waals surface area contributed by atoms with E-state index in [1.54, 1.807) is 13.8 Å². The molecule has 1 aliphatic rings. The fourth-order valence-corrected chi connectivity index (χ4v) is 3.56. The number of nitrogens with zero attached hydrogens (tertiary/aromatic N) is 1. The van der Waals surface area contributed by atoms with E-state index >= 15 is 0 Å². The predicted molar refractivity (Wildman–Crippen MR) is 73.8 cm³/mol. The first-order chi connectivity index (χ1) is 8.83. The molecule has 1 aliphatic carbocycles. The molecule has 1 aromatic carbocycles. The van der Waals surface area contributed by atoms with Gasteiger partial charge in [-0.2, -0.15) is 17.4 Å². The third-order valence-electron chi connectivity index (χ3n) is 3.59. The second kappa shape index (κ2) is 5.20. The van der Waals surface area contributed by atoms with E-state index < -0.39 is 22.4 Å². The van der Waals surface area contributed by atoms with Gasteiger partial charge >= 0.3 is 0 Å². The van der Waals surface area contributed by atoms with Crippen LogP contribution in [0.3, 0.4) is 0 Å². The van der Waals surface area contributed by atoms with Crippen LogP contribution in [0.1, 0.15) is 31.0 Å². The number of fused-ring (bicyclic) bond motifs is 1. The van der Waals surface area contributed by atoms with Crippen molar-refractivity contribution >= 4 is 10.2 Å². The lowest BCUT2D eigenvalue weighted by atomic mass is 10.1. The summed E-state index contributed by atoms with van der Waals surface area (Å²) < 4.78 is 28.2. The minimum absolute atomic E-state index is 0.133. The van der Waals surface area contributed by atoms with E-state index in [1.165, 1.54) is 11.4 Å². The number of benzene rings is 1. The molecule has 1 aromatic rings. The van der Waals surface area contributed by atoms with Crippen LogP contribution in [-0.4, -0.2) is 37.0 Å². The molecule has 19 heavy (non-hydrogen) atoms. The molecule has 5 nitrogen and oxygen atoms in total. The Morgan fingerprint density at radius 2 is 2.00 bits per heavy atom. The highest BCUT2D eigenvalue weighted by Gasteiger charge is 2.35. The van der Waals surface area contributed by atoms with Gasteiger partial charge in [0.15, 0.2) is 0 Å². The molecule has 106 valence electrons. The first-order valence-electron chi connectivity index (χ1n) is 6.34. The Kier molecular flexibility index (Phi) is 3.96. The molecule has 0 heterocycles. The van der Waals surface area contributed by atoms with Gasteiger partial charge in [0.2, 0.25) is 0 Å². The van der Waals surface area contributed by atoms with Crippen molar-refractivity contribution in [2.75, 3.05) is 7.05 Å². The zero-order chi connectivity index (χ0) is 14.2. The minimum atomic E-state index is -3.60. The molecule has 0 radical (unpaired) electrons. The summed E-state index contributed by atoms with van der Waals surface area (Å²) in [5, 5.41) is 10.0. The van der Waals surface area contributed by atoms with E-state index in [-0.39, 0.29) is 6.04 Å². The van der Waals surface area contributed by atoms with Gasteiger partial charge in [0.25, 0.3) is 10.2 Å². The quantitative estimate of drug-likeness (QED) is 0.860. The van der Waals surface area contributed by atoms with Gasteiger partial charge in [0.1, 0.15) is 0 Å². The summed E-state index contributed by atoms with van der Waals surface area (Å²) in [4.78, 5) is 0. The van der Waals surface area contributed by atoms with Crippen molar-refractivity contribution in [3.05, 3.63) is 35.4 Å². The van der Waals surface area contributed by atoms with Gasteiger partial charge in [0, 0.05) is 19.5 Å². The van der Waals surface area contributed by atoms with Crippen LogP contribution in [0, 0.1) is 0 Å². The Morgan fingerprint density at radius 1 is 1.37 bits per heavy atom. The number of hydrogen-bond acceptors (Lipinski definition) is 3. The minimum Gasteiger partial charge on any atom is -0.391 e. The molecule has 6 heteroatoms. The van der Waals surface area contributed by atoms with Crippen LogP contribution in [0.4, 0.5) is 0 Å².